The zero-order chi connectivity index (χ0) is 66.0. The van der Waals surface area contributed by atoms with Crippen LogP contribution in [0.3, 0.4) is 0 Å². The summed E-state index contributed by atoms with van der Waals surface area (Å²) in [5.41, 5.74) is 11.0. The Hall–Kier alpha value is -12.8. The zero-order valence-corrected chi connectivity index (χ0v) is 50.5. The van der Waals surface area contributed by atoms with Crippen LogP contribution in [-0.4, -0.2) is 107 Å². The minimum absolute atomic E-state index is 0.121. The summed E-state index contributed by atoms with van der Waals surface area (Å²) >= 11 is 0. The van der Waals surface area contributed by atoms with Gasteiger partial charge in [-0.05, 0) is 109 Å². The molecular formula is C67H54F4N20O3. The van der Waals surface area contributed by atoms with Crippen molar-refractivity contribution in [2.45, 2.75) is 13.8 Å². The van der Waals surface area contributed by atoms with Crippen molar-refractivity contribution in [1.29, 1.82) is 0 Å². The number of aryl methyl sites for hydroxylation is 5. The molecule has 0 aliphatic heterocycles. The maximum atomic E-state index is 14.5. The summed E-state index contributed by atoms with van der Waals surface area (Å²) in [6.45, 7) is 3.55. The van der Waals surface area contributed by atoms with Gasteiger partial charge < -0.3 is 5.11 Å². The molecule has 10 aromatic heterocycles. The van der Waals surface area contributed by atoms with E-state index in [1.807, 2.05) is 90.4 Å². The Morgan fingerprint density at radius 1 is 0.468 bits per heavy atom. The number of benzene rings is 4. The minimum Gasteiger partial charge on any atom is -0.478 e. The van der Waals surface area contributed by atoms with Gasteiger partial charge in [0.1, 0.15) is 34.9 Å². The number of carboxylic acid groups (broad SMARTS) is 1. The molecule has 0 spiro atoms. The number of nitrogens with two attached hydrogens (primary N) is 1. The van der Waals surface area contributed by atoms with E-state index in [0.29, 0.717) is 84.3 Å². The number of carbonyl (C=O) groups excluding carboxylic acids is 1. The fourth-order valence-corrected chi connectivity index (χ4v) is 9.75. The van der Waals surface area contributed by atoms with Crippen LogP contribution in [0, 0.1) is 37.1 Å². The van der Waals surface area contributed by atoms with Crippen LogP contribution in [0.25, 0.3) is 115 Å². The number of amides is 1. The number of hydrogen-bond acceptors (Lipinski definition) is 15. The number of halogens is 4. The molecule has 0 radical (unpaired) electrons. The number of fused-ring (bicyclic) bond motifs is 4. The highest BCUT2D eigenvalue weighted by Crippen LogP contribution is 2.31. The van der Waals surface area contributed by atoms with Gasteiger partial charge >= 0.3 is 5.97 Å². The molecule has 1 amide bonds. The first kappa shape index (κ1) is 62.8. The molecule has 27 heteroatoms. The standard InChI is InChI=1S/C18H15FN6.C17H13FN6.C16H14FN5O.C16H12FN3O2/c1-11-21-18(23-22-11)13-8-14-16(6-5-12-4-3-7-20-10-12)24-25(2)17(14)9-15(13)19;1-10-20-17(24-21-10)12-7-13-15(22-23-16(13)8-14(12)18)5-4-11-3-2-6-19-9-11;1-22-15-8-13(17)11(16(23)20-18)7-12(15)14(21-22)5-4-10-3-2-6-19-9-10;1-20-15-8-13(17)11(16(21)22)7-12(15)14(19-20)5-4-10-3-2-6-18-9-10/h3-10H,1-2H3,(H,21,22,23);2-9H,1H3,(H,22,23)(H,20,21,24);2-9H,18H2,1H3,(H,20,23);2-9H,1H3,(H,21,22)/b6-5+;3*5-4+. The van der Waals surface area contributed by atoms with Gasteiger partial charge in [-0.2, -0.15) is 30.6 Å². The number of nitrogens with one attached hydrogen (secondary N) is 4. The Kier molecular flexibility index (Phi) is 18.7. The first-order valence-electron chi connectivity index (χ1n) is 28.5. The average molecular weight is 1260 g/mol. The lowest BCUT2D eigenvalue weighted by Gasteiger charge is -2.02. The summed E-state index contributed by atoms with van der Waals surface area (Å²) < 4.78 is 61.3. The third-order valence-electron chi connectivity index (χ3n) is 14.3. The second-order valence-corrected chi connectivity index (χ2v) is 20.8. The fraction of sp³-hybridized carbons (Fsp3) is 0.0746. The van der Waals surface area contributed by atoms with E-state index in [9.17, 15) is 27.2 Å². The summed E-state index contributed by atoms with van der Waals surface area (Å²) in [6.07, 6.45) is 28.5. The van der Waals surface area contributed by atoms with Gasteiger partial charge in [-0.3, -0.25) is 59.5 Å². The average Bonchev–Trinajstić information content (AvgIpc) is 1.64. The first-order chi connectivity index (χ1) is 45.5. The Balaban J connectivity index is 0.000000128. The van der Waals surface area contributed by atoms with E-state index in [4.69, 9.17) is 10.9 Å². The molecule has 4 aromatic carbocycles. The SMILES string of the molecule is Cc1nc(-c2cc3c(/C=C/c4cccnc4)n[nH]c3cc2F)n[nH]1.Cc1nc(-c2cc3c(/C=C/c4cccnc4)nn(C)c3cc2F)n[nH]1.Cn1nc(/C=C/c2cccnc2)c2cc(C(=O)NN)c(F)cc21.Cn1nc(/C=C/c2cccnc2)c2cc(C(=O)O)c(F)cc21. The third-order valence-corrected chi connectivity index (χ3v) is 14.3. The molecule has 23 nitrogen and oxygen atoms in total. The number of hydrogen-bond donors (Lipinski definition) is 6. The number of carboxylic acids is 1. The molecule has 0 atom stereocenters. The molecule has 94 heavy (non-hydrogen) atoms. The van der Waals surface area contributed by atoms with Crippen molar-refractivity contribution in [1.82, 2.24) is 95.3 Å². The van der Waals surface area contributed by atoms with Gasteiger partial charge in [0.05, 0.1) is 67.1 Å². The Labute approximate surface area is 530 Å². The van der Waals surface area contributed by atoms with E-state index in [0.717, 1.165) is 38.7 Å². The molecule has 468 valence electrons. The van der Waals surface area contributed by atoms with Crippen molar-refractivity contribution in [3.05, 3.63) is 238 Å². The van der Waals surface area contributed by atoms with Crippen LogP contribution in [0.4, 0.5) is 17.6 Å². The Bertz CT molecular complexity index is 5190. The molecule has 0 fully saturated rings. The fourth-order valence-electron chi connectivity index (χ4n) is 9.75. The highest BCUT2D eigenvalue weighted by Gasteiger charge is 2.20. The van der Waals surface area contributed by atoms with E-state index in [2.05, 4.69) is 75.8 Å². The van der Waals surface area contributed by atoms with Crippen LogP contribution < -0.4 is 11.3 Å². The number of nitrogens with zero attached hydrogens (tertiary/aromatic N) is 15. The van der Waals surface area contributed by atoms with Gasteiger partial charge in [0.2, 0.25) is 0 Å². The van der Waals surface area contributed by atoms with Crippen molar-refractivity contribution in [3.63, 3.8) is 0 Å². The minimum atomic E-state index is -1.30. The van der Waals surface area contributed by atoms with Gasteiger partial charge in [-0.15, -0.1) is 0 Å². The first-order valence-corrected chi connectivity index (χ1v) is 28.5. The molecule has 14 rings (SSSR count). The maximum Gasteiger partial charge on any atom is 0.338 e. The summed E-state index contributed by atoms with van der Waals surface area (Å²) in [7, 11) is 5.19. The molecular weight excluding hydrogens is 1210 g/mol. The largest absolute Gasteiger partial charge is 0.478 e. The van der Waals surface area contributed by atoms with Crippen LogP contribution in [0.2, 0.25) is 0 Å². The van der Waals surface area contributed by atoms with Gasteiger partial charge in [-0.1, -0.05) is 48.6 Å². The van der Waals surface area contributed by atoms with Crippen LogP contribution in [0.15, 0.2) is 147 Å². The van der Waals surface area contributed by atoms with E-state index in [1.54, 1.807) is 118 Å². The van der Waals surface area contributed by atoms with Gasteiger partial charge in [0.15, 0.2) is 11.6 Å². The number of pyridine rings is 4. The second-order valence-electron chi connectivity index (χ2n) is 20.8. The van der Waals surface area contributed by atoms with Crippen molar-refractivity contribution >= 4 is 104 Å². The molecule has 0 saturated heterocycles. The predicted molar refractivity (Wildman–Crippen MR) is 350 cm³/mol. The molecule has 0 saturated carbocycles. The van der Waals surface area contributed by atoms with Crippen molar-refractivity contribution in [2.75, 3.05) is 0 Å². The molecule has 0 aliphatic rings. The maximum absolute atomic E-state index is 14.5. The molecule has 10 heterocycles. The summed E-state index contributed by atoms with van der Waals surface area (Å²) in [5.74, 6) is 2.84. The number of H-pyrrole nitrogens is 3. The van der Waals surface area contributed by atoms with Gasteiger partial charge in [0, 0.05) is 117 Å². The predicted octanol–water partition coefficient (Wildman–Crippen LogP) is 11.6. The summed E-state index contributed by atoms with van der Waals surface area (Å²) in [4.78, 5) is 47.3. The lowest BCUT2D eigenvalue weighted by Crippen LogP contribution is -2.30. The third kappa shape index (κ3) is 14.3. The quantitative estimate of drug-likeness (QED) is 0.0287. The molecule has 7 N–H and O–H groups in total. The second kappa shape index (κ2) is 27.9. The lowest BCUT2D eigenvalue weighted by atomic mass is 10.1. The van der Waals surface area contributed by atoms with Crippen LogP contribution in [0.1, 0.15) is 77.4 Å². The number of aromatic carboxylic acids is 1. The Morgan fingerprint density at radius 3 is 1.22 bits per heavy atom. The van der Waals surface area contributed by atoms with Crippen LogP contribution in [0.5, 0.6) is 0 Å². The van der Waals surface area contributed by atoms with Crippen LogP contribution in [-0.2, 0) is 21.1 Å². The molecule has 14 aromatic rings. The lowest BCUT2D eigenvalue weighted by molar-refractivity contribution is 0.0691. The highest BCUT2D eigenvalue weighted by molar-refractivity contribution is 6.01. The highest BCUT2D eigenvalue weighted by atomic mass is 19.1. The number of hydrazine groups is 1. The van der Waals surface area contributed by atoms with Crippen LogP contribution >= 0.6 is 0 Å². The zero-order valence-electron chi connectivity index (χ0n) is 50.5. The topological polar surface area (TPSA) is 309 Å². The van der Waals surface area contributed by atoms with E-state index < -0.39 is 29.3 Å². The van der Waals surface area contributed by atoms with E-state index in [-0.39, 0.29) is 16.9 Å². The van der Waals surface area contributed by atoms with E-state index >= 15 is 0 Å². The number of nitrogen functional groups attached to an aromatic ring is 1. The number of aromatic amines is 3. The normalized spacial score (nSPS) is 11.5. The molecule has 0 aliphatic carbocycles. The van der Waals surface area contributed by atoms with Gasteiger partial charge in [-0.25, -0.2) is 38.2 Å². The monoisotopic (exact) mass is 1260 g/mol. The summed E-state index contributed by atoms with van der Waals surface area (Å²) in [6, 6.07) is 26.6. The van der Waals surface area contributed by atoms with Gasteiger partial charge in [0.25, 0.3) is 5.91 Å². The Morgan fingerprint density at radius 2 is 0.840 bits per heavy atom. The summed E-state index contributed by atoms with van der Waals surface area (Å²) in [5, 5.41) is 45.7. The number of carbonyl (C=O) groups is 2. The van der Waals surface area contributed by atoms with Crippen molar-refractivity contribution in [2.24, 2.45) is 27.0 Å². The van der Waals surface area contributed by atoms with E-state index in [1.165, 1.54) is 41.1 Å². The van der Waals surface area contributed by atoms with Crippen molar-refractivity contribution < 1.29 is 32.3 Å². The molecule has 0 unspecified atom stereocenters. The number of rotatable bonds is 12. The smallest absolute Gasteiger partial charge is 0.338 e. The number of aromatic nitrogens is 18. The van der Waals surface area contributed by atoms with Crippen molar-refractivity contribution in [3.8, 4) is 22.8 Å². The molecule has 0 bridgehead atoms.